The minimum Gasteiger partial charge on any atom is -0.496 e. The van der Waals surface area contributed by atoms with E-state index in [-0.39, 0.29) is 24.8 Å². The van der Waals surface area contributed by atoms with Gasteiger partial charge in [0, 0.05) is 25.2 Å². The van der Waals surface area contributed by atoms with Gasteiger partial charge >= 0.3 is 0 Å². The molecule has 0 saturated carbocycles. The van der Waals surface area contributed by atoms with Crippen LogP contribution >= 0.6 is 0 Å². The van der Waals surface area contributed by atoms with Gasteiger partial charge in [-0.05, 0) is 19.9 Å². The standard InChI is InChI=1S/C18H27N3O4/c1-18(2,12-22)20-16(23)10-14-17(24)19-8-9-21(14)11-13-6-4-5-7-15(13)25-3/h4-7,14,22H,8-12H2,1-3H3,(H,19,24)(H,20,23). The van der Waals surface area contributed by atoms with E-state index in [4.69, 9.17) is 4.74 Å². The number of hydrogen-bond acceptors (Lipinski definition) is 5. The van der Waals surface area contributed by atoms with Crippen molar-refractivity contribution in [3.8, 4) is 5.75 Å². The van der Waals surface area contributed by atoms with Crippen LogP contribution in [0.25, 0.3) is 0 Å². The number of ether oxygens (including phenoxy) is 1. The Kier molecular flexibility index (Phi) is 6.39. The smallest absolute Gasteiger partial charge is 0.237 e. The summed E-state index contributed by atoms with van der Waals surface area (Å²) in [5.74, 6) is 0.349. The minimum absolute atomic E-state index is 0.0460. The number of hydrogen-bond donors (Lipinski definition) is 3. The summed E-state index contributed by atoms with van der Waals surface area (Å²) in [6.45, 7) is 5.04. The third-order valence-electron chi connectivity index (χ3n) is 4.26. The molecule has 1 saturated heterocycles. The molecule has 138 valence electrons. The first-order valence-corrected chi connectivity index (χ1v) is 8.42. The van der Waals surface area contributed by atoms with Gasteiger partial charge in [-0.15, -0.1) is 0 Å². The Hall–Kier alpha value is -2.12. The monoisotopic (exact) mass is 349 g/mol. The molecule has 25 heavy (non-hydrogen) atoms. The SMILES string of the molecule is COc1ccccc1CN1CCNC(=O)C1CC(=O)NC(C)(C)CO. The highest BCUT2D eigenvalue weighted by molar-refractivity contribution is 5.89. The number of piperazine rings is 1. The van der Waals surface area contributed by atoms with Crippen molar-refractivity contribution in [2.24, 2.45) is 0 Å². The van der Waals surface area contributed by atoms with Crippen LogP contribution in [0.1, 0.15) is 25.8 Å². The third kappa shape index (κ3) is 5.17. The van der Waals surface area contributed by atoms with Crippen LogP contribution in [-0.2, 0) is 16.1 Å². The van der Waals surface area contributed by atoms with Gasteiger partial charge < -0.3 is 20.5 Å². The average molecular weight is 349 g/mol. The lowest BCUT2D eigenvalue weighted by molar-refractivity contribution is -0.135. The second-order valence-electron chi connectivity index (χ2n) is 6.88. The first kappa shape index (κ1) is 19.2. The first-order valence-electron chi connectivity index (χ1n) is 8.42. The summed E-state index contributed by atoms with van der Waals surface area (Å²) in [5.41, 5.74) is 0.260. The summed E-state index contributed by atoms with van der Waals surface area (Å²) >= 11 is 0. The van der Waals surface area contributed by atoms with E-state index in [2.05, 4.69) is 10.6 Å². The van der Waals surface area contributed by atoms with E-state index in [0.717, 1.165) is 11.3 Å². The molecule has 1 atom stereocenters. The number of para-hydroxylation sites is 1. The summed E-state index contributed by atoms with van der Waals surface area (Å²) in [4.78, 5) is 26.6. The largest absolute Gasteiger partial charge is 0.496 e. The summed E-state index contributed by atoms with van der Waals surface area (Å²) in [5, 5.41) is 14.9. The van der Waals surface area contributed by atoms with Gasteiger partial charge in [-0.3, -0.25) is 14.5 Å². The molecule has 2 rings (SSSR count). The predicted octanol–water partition coefficient (Wildman–Crippen LogP) is 0.273. The van der Waals surface area contributed by atoms with Crippen LogP contribution in [0.3, 0.4) is 0 Å². The molecular weight excluding hydrogens is 322 g/mol. The van der Waals surface area contributed by atoms with Crippen LogP contribution in [0.15, 0.2) is 24.3 Å². The molecule has 1 heterocycles. The number of methoxy groups -OCH3 is 1. The van der Waals surface area contributed by atoms with Crippen molar-refractivity contribution >= 4 is 11.8 Å². The summed E-state index contributed by atoms with van der Waals surface area (Å²) in [7, 11) is 1.61. The Morgan fingerprint density at radius 3 is 2.84 bits per heavy atom. The van der Waals surface area contributed by atoms with E-state index in [1.165, 1.54) is 0 Å². The molecule has 1 unspecified atom stereocenters. The van der Waals surface area contributed by atoms with Crippen molar-refractivity contribution in [2.45, 2.75) is 38.4 Å². The van der Waals surface area contributed by atoms with E-state index >= 15 is 0 Å². The van der Waals surface area contributed by atoms with Crippen LogP contribution < -0.4 is 15.4 Å². The maximum atomic E-state index is 12.3. The second-order valence-corrected chi connectivity index (χ2v) is 6.88. The van der Waals surface area contributed by atoms with Crippen molar-refractivity contribution in [1.29, 1.82) is 0 Å². The molecule has 0 aliphatic carbocycles. The van der Waals surface area contributed by atoms with Gasteiger partial charge in [-0.1, -0.05) is 18.2 Å². The highest BCUT2D eigenvalue weighted by Gasteiger charge is 2.33. The normalized spacial score (nSPS) is 18.6. The van der Waals surface area contributed by atoms with Crippen LogP contribution in [0.2, 0.25) is 0 Å². The maximum Gasteiger partial charge on any atom is 0.237 e. The summed E-state index contributed by atoms with van der Waals surface area (Å²) in [6.07, 6.45) is 0.0460. The Bertz CT molecular complexity index is 618. The zero-order valence-electron chi connectivity index (χ0n) is 15.0. The molecule has 1 aliphatic rings. The number of benzene rings is 1. The number of aliphatic hydroxyl groups excluding tert-OH is 1. The maximum absolute atomic E-state index is 12.3. The van der Waals surface area contributed by atoms with Gasteiger partial charge in [-0.2, -0.15) is 0 Å². The number of carbonyl (C=O) groups excluding carboxylic acids is 2. The highest BCUT2D eigenvalue weighted by Crippen LogP contribution is 2.22. The topological polar surface area (TPSA) is 90.9 Å². The zero-order valence-corrected chi connectivity index (χ0v) is 15.0. The van der Waals surface area contributed by atoms with Gasteiger partial charge in [0.05, 0.1) is 31.7 Å². The Labute approximate surface area is 148 Å². The molecule has 1 aromatic rings. The van der Waals surface area contributed by atoms with Crippen LogP contribution in [0.5, 0.6) is 5.75 Å². The number of carbonyl (C=O) groups is 2. The summed E-state index contributed by atoms with van der Waals surface area (Å²) < 4.78 is 5.38. The van der Waals surface area contributed by atoms with E-state index in [1.807, 2.05) is 29.2 Å². The highest BCUT2D eigenvalue weighted by atomic mass is 16.5. The van der Waals surface area contributed by atoms with Crippen molar-refractivity contribution in [3.05, 3.63) is 29.8 Å². The number of rotatable bonds is 7. The summed E-state index contributed by atoms with van der Waals surface area (Å²) in [6, 6.07) is 7.11. The van der Waals surface area contributed by atoms with Crippen molar-refractivity contribution in [1.82, 2.24) is 15.5 Å². The fourth-order valence-corrected chi connectivity index (χ4v) is 2.87. The molecule has 0 spiro atoms. The van der Waals surface area contributed by atoms with Crippen molar-refractivity contribution in [2.75, 3.05) is 26.8 Å². The molecule has 7 nitrogen and oxygen atoms in total. The van der Waals surface area contributed by atoms with Crippen molar-refractivity contribution < 1.29 is 19.4 Å². The van der Waals surface area contributed by atoms with Crippen LogP contribution in [0, 0.1) is 0 Å². The molecule has 7 heteroatoms. The lowest BCUT2D eigenvalue weighted by Gasteiger charge is -2.35. The van der Waals surface area contributed by atoms with Crippen molar-refractivity contribution in [3.63, 3.8) is 0 Å². The third-order valence-corrected chi connectivity index (χ3v) is 4.26. The van der Waals surface area contributed by atoms with Gasteiger partial charge in [0.2, 0.25) is 11.8 Å². The lowest BCUT2D eigenvalue weighted by Crippen LogP contribution is -2.57. The fraction of sp³-hybridized carbons (Fsp3) is 0.556. The lowest BCUT2D eigenvalue weighted by atomic mass is 10.0. The first-order chi connectivity index (χ1) is 11.9. The Morgan fingerprint density at radius 2 is 2.16 bits per heavy atom. The quantitative estimate of drug-likeness (QED) is 0.657. The van der Waals surface area contributed by atoms with E-state index in [9.17, 15) is 14.7 Å². The molecule has 3 N–H and O–H groups in total. The Morgan fingerprint density at radius 1 is 1.44 bits per heavy atom. The molecule has 0 radical (unpaired) electrons. The molecule has 1 aliphatic heterocycles. The van der Waals surface area contributed by atoms with E-state index < -0.39 is 11.6 Å². The van der Waals surface area contributed by atoms with Crippen LogP contribution in [-0.4, -0.2) is 60.2 Å². The molecule has 1 aromatic carbocycles. The van der Waals surface area contributed by atoms with Gasteiger partial charge in [-0.25, -0.2) is 0 Å². The zero-order chi connectivity index (χ0) is 18.4. The second kappa shape index (κ2) is 8.31. The predicted molar refractivity (Wildman–Crippen MR) is 94.1 cm³/mol. The molecule has 1 fully saturated rings. The molecule has 0 aromatic heterocycles. The molecular formula is C18H27N3O4. The minimum atomic E-state index is -0.713. The van der Waals surface area contributed by atoms with Gasteiger partial charge in [0.25, 0.3) is 0 Å². The van der Waals surface area contributed by atoms with Crippen LogP contribution in [0.4, 0.5) is 0 Å². The van der Waals surface area contributed by atoms with Gasteiger partial charge in [0.1, 0.15) is 5.75 Å². The molecule has 2 amide bonds. The van der Waals surface area contributed by atoms with E-state index in [0.29, 0.717) is 19.6 Å². The number of amides is 2. The fourth-order valence-electron chi connectivity index (χ4n) is 2.87. The number of nitrogens with zero attached hydrogens (tertiary/aromatic N) is 1. The Balaban J connectivity index is 2.10. The van der Waals surface area contributed by atoms with Gasteiger partial charge in [0.15, 0.2) is 0 Å². The number of aliphatic hydroxyl groups is 1. The molecule has 0 bridgehead atoms. The van der Waals surface area contributed by atoms with E-state index in [1.54, 1.807) is 21.0 Å². The average Bonchev–Trinajstić information content (AvgIpc) is 2.58. The number of nitrogens with one attached hydrogen (secondary N) is 2.